The second kappa shape index (κ2) is 8.51. The van der Waals surface area contributed by atoms with Crippen LogP contribution in [0, 0.1) is 12.3 Å². The van der Waals surface area contributed by atoms with Gasteiger partial charge >= 0.3 is 0 Å². The Morgan fingerprint density at radius 1 is 1.11 bits per heavy atom. The average molecular weight is 376 g/mol. The topological polar surface area (TPSA) is 47.6 Å². The number of carbonyl (C=O) groups is 1. The van der Waals surface area contributed by atoms with Gasteiger partial charge in [0.1, 0.15) is 18.1 Å². The molecule has 0 atom stereocenters. The molecular weight excluding hydrogens is 350 g/mol. The largest absolute Gasteiger partial charge is 0.497 e. The molecule has 28 heavy (non-hydrogen) atoms. The SMILES string of the molecule is COc1ccc2c(c1)OCC(C(=O)Nc1ccc([CH]C3CCCCC3)cc1)=C2. The monoisotopic (exact) mass is 376 g/mol. The fraction of sp³-hybridized carbons (Fsp3) is 0.333. The normalized spacial score (nSPS) is 16.5. The number of fused-ring (bicyclic) bond motifs is 1. The summed E-state index contributed by atoms with van der Waals surface area (Å²) in [6.45, 7) is 0.250. The summed E-state index contributed by atoms with van der Waals surface area (Å²) in [5, 5.41) is 2.97. The number of hydrogen-bond acceptors (Lipinski definition) is 3. The number of ether oxygens (including phenoxy) is 2. The molecule has 2 aromatic carbocycles. The number of anilines is 1. The Balaban J connectivity index is 1.38. The maximum atomic E-state index is 12.6. The van der Waals surface area contributed by atoms with Gasteiger partial charge in [0.05, 0.1) is 12.7 Å². The second-order valence-electron chi connectivity index (χ2n) is 7.50. The lowest BCUT2D eigenvalue weighted by molar-refractivity contribution is -0.113. The molecule has 0 bridgehead atoms. The third-order valence-electron chi connectivity index (χ3n) is 5.47. The molecule has 4 rings (SSSR count). The summed E-state index contributed by atoms with van der Waals surface area (Å²) in [5.74, 6) is 2.03. The maximum Gasteiger partial charge on any atom is 0.255 e. The highest BCUT2D eigenvalue weighted by Gasteiger charge is 2.18. The summed E-state index contributed by atoms with van der Waals surface area (Å²) >= 11 is 0. The van der Waals surface area contributed by atoms with Crippen LogP contribution in [0.3, 0.4) is 0 Å². The summed E-state index contributed by atoms with van der Waals surface area (Å²) in [7, 11) is 1.62. The van der Waals surface area contributed by atoms with Gasteiger partial charge in [0.15, 0.2) is 0 Å². The molecule has 1 N–H and O–H groups in total. The molecule has 4 heteroatoms. The zero-order valence-electron chi connectivity index (χ0n) is 16.2. The van der Waals surface area contributed by atoms with E-state index < -0.39 is 0 Å². The van der Waals surface area contributed by atoms with Crippen LogP contribution in [0.4, 0.5) is 5.69 Å². The minimum atomic E-state index is -0.134. The van der Waals surface area contributed by atoms with Crippen molar-refractivity contribution in [1.82, 2.24) is 0 Å². The molecule has 0 spiro atoms. The Morgan fingerprint density at radius 3 is 2.64 bits per heavy atom. The Kier molecular flexibility index (Phi) is 5.65. The van der Waals surface area contributed by atoms with Crippen molar-refractivity contribution in [3.8, 4) is 11.5 Å². The molecule has 2 aliphatic rings. The van der Waals surface area contributed by atoms with Gasteiger partial charge in [0, 0.05) is 17.3 Å². The molecule has 145 valence electrons. The van der Waals surface area contributed by atoms with Gasteiger partial charge in [-0.3, -0.25) is 4.79 Å². The Bertz CT molecular complexity index is 864. The highest BCUT2D eigenvalue weighted by Crippen LogP contribution is 2.31. The van der Waals surface area contributed by atoms with Gasteiger partial charge in [-0.2, -0.15) is 0 Å². The number of methoxy groups -OCH3 is 1. The summed E-state index contributed by atoms with van der Waals surface area (Å²) < 4.78 is 10.9. The van der Waals surface area contributed by atoms with Crippen molar-refractivity contribution in [2.75, 3.05) is 19.0 Å². The Hall–Kier alpha value is -2.75. The van der Waals surface area contributed by atoms with Crippen LogP contribution < -0.4 is 14.8 Å². The summed E-state index contributed by atoms with van der Waals surface area (Å²) in [5.41, 5.74) is 3.52. The maximum absolute atomic E-state index is 12.6. The molecule has 2 aromatic rings. The molecule has 1 heterocycles. The summed E-state index contributed by atoms with van der Waals surface area (Å²) in [6.07, 6.45) is 10.9. The van der Waals surface area contributed by atoms with Gasteiger partial charge in [-0.05, 0) is 61.1 Å². The zero-order valence-corrected chi connectivity index (χ0v) is 16.2. The molecule has 1 fully saturated rings. The van der Waals surface area contributed by atoms with Crippen LogP contribution in [0.5, 0.6) is 11.5 Å². The van der Waals surface area contributed by atoms with E-state index in [-0.39, 0.29) is 12.5 Å². The fourth-order valence-electron chi connectivity index (χ4n) is 3.86. The number of benzene rings is 2. The predicted molar refractivity (Wildman–Crippen MR) is 112 cm³/mol. The van der Waals surface area contributed by atoms with Gasteiger partial charge in [-0.15, -0.1) is 0 Å². The van der Waals surface area contributed by atoms with E-state index in [1.807, 2.05) is 36.4 Å². The number of hydrogen-bond donors (Lipinski definition) is 1. The van der Waals surface area contributed by atoms with E-state index in [9.17, 15) is 4.79 Å². The molecule has 1 aliphatic heterocycles. The highest BCUT2D eigenvalue weighted by molar-refractivity contribution is 6.07. The first-order valence-electron chi connectivity index (χ1n) is 9.99. The Morgan fingerprint density at radius 2 is 1.89 bits per heavy atom. The lowest BCUT2D eigenvalue weighted by Gasteiger charge is -2.21. The molecule has 4 nitrogen and oxygen atoms in total. The molecule has 1 amide bonds. The van der Waals surface area contributed by atoms with E-state index in [0.717, 1.165) is 22.7 Å². The molecular formula is C24H26NO3. The summed E-state index contributed by atoms with van der Waals surface area (Å²) in [6, 6.07) is 13.7. The van der Waals surface area contributed by atoms with Crippen molar-refractivity contribution in [3.63, 3.8) is 0 Å². The van der Waals surface area contributed by atoms with Gasteiger partial charge in [-0.25, -0.2) is 0 Å². The number of rotatable bonds is 5. The van der Waals surface area contributed by atoms with E-state index in [1.165, 1.54) is 37.7 Å². The van der Waals surface area contributed by atoms with Crippen molar-refractivity contribution in [2.24, 2.45) is 5.92 Å². The Labute approximate surface area is 166 Å². The van der Waals surface area contributed by atoms with Crippen LogP contribution in [0.15, 0.2) is 48.0 Å². The van der Waals surface area contributed by atoms with E-state index in [2.05, 4.69) is 23.9 Å². The first-order chi connectivity index (χ1) is 13.7. The predicted octanol–water partition coefficient (Wildman–Crippen LogP) is 5.24. The minimum absolute atomic E-state index is 0.134. The lowest BCUT2D eigenvalue weighted by atomic mass is 9.85. The summed E-state index contributed by atoms with van der Waals surface area (Å²) in [4.78, 5) is 12.6. The number of amides is 1. The van der Waals surface area contributed by atoms with Gasteiger partial charge in [0.25, 0.3) is 5.91 Å². The molecule has 0 unspecified atom stereocenters. The van der Waals surface area contributed by atoms with E-state index in [4.69, 9.17) is 9.47 Å². The smallest absolute Gasteiger partial charge is 0.255 e. The lowest BCUT2D eigenvalue weighted by Crippen LogP contribution is -2.21. The molecule has 0 aromatic heterocycles. The third kappa shape index (κ3) is 4.38. The average Bonchev–Trinajstić information content (AvgIpc) is 2.75. The van der Waals surface area contributed by atoms with Crippen LogP contribution in [0.1, 0.15) is 43.2 Å². The molecule has 1 radical (unpaired) electrons. The minimum Gasteiger partial charge on any atom is -0.497 e. The van der Waals surface area contributed by atoms with E-state index in [0.29, 0.717) is 11.5 Å². The molecule has 1 saturated carbocycles. The van der Waals surface area contributed by atoms with Crippen LogP contribution in [0.2, 0.25) is 0 Å². The first-order valence-corrected chi connectivity index (χ1v) is 9.99. The van der Waals surface area contributed by atoms with E-state index >= 15 is 0 Å². The van der Waals surface area contributed by atoms with Crippen molar-refractivity contribution in [3.05, 3.63) is 65.6 Å². The van der Waals surface area contributed by atoms with E-state index in [1.54, 1.807) is 7.11 Å². The van der Waals surface area contributed by atoms with Crippen molar-refractivity contribution in [1.29, 1.82) is 0 Å². The van der Waals surface area contributed by atoms with Gasteiger partial charge in [-0.1, -0.05) is 31.4 Å². The standard InChI is InChI=1S/C24H26NO3/c1-27-22-12-9-19-14-20(16-28-23(19)15-22)24(26)25-21-10-7-18(8-11-21)13-17-5-3-2-4-6-17/h7-15,17H,2-6,16H2,1H3,(H,25,26). The van der Waals surface area contributed by atoms with Crippen LogP contribution >= 0.6 is 0 Å². The zero-order chi connectivity index (χ0) is 19.3. The van der Waals surface area contributed by atoms with Crippen molar-refractivity contribution in [2.45, 2.75) is 32.1 Å². The van der Waals surface area contributed by atoms with Crippen LogP contribution in [-0.4, -0.2) is 19.6 Å². The van der Waals surface area contributed by atoms with Crippen molar-refractivity contribution >= 4 is 17.7 Å². The quantitative estimate of drug-likeness (QED) is 0.776. The van der Waals surface area contributed by atoms with Crippen LogP contribution in [0.25, 0.3) is 6.08 Å². The first kappa shape index (κ1) is 18.6. The number of carbonyl (C=O) groups excluding carboxylic acids is 1. The molecule has 0 saturated heterocycles. The van der Waals surface area contributed by atoms with Crippen LogP contribution in [-0.2, 0) is 4.79 Å². The van der Waals surface area contributed by atoms with Gasteiger partial charge < -0.3 is 14.8 Å². The second-order valence-corrected chi connectivity index (χ2v) is 7.50. The molecule has 1 aliphatic carbocycles. The number of nitrogens with one attached hydrogen (secondary N) is 1. The van der Waals surface area contributed by atoms with Gasteiger partial charge in [0.2, 0.25) is 0 Å². The highest BCUT2D eigenvalue weighted by atomic mass is 16.5. The fourth-order valence-corrected chi connectivity index (χ4v) is 3.86. The third-order valence-corrected chi connectivity index (χ3v) is 5.47. The van der Waals surface area contributed by atoms with Crippen molar-refractivity contribution < 1.29 is 14.3 Å².